The number of nitrogens with zero attached hydrogens (tertiary/aromatic N) is 2. The summed E-state index contributed by atoms with van der Waals surface area (Å²) in [5, 5.41) is 13.2. The van der Waals surface area contributed by atoms with Crippen molar-refractivity contribution in [2.75, 3.05) is 27.8 Å². The van der Waals surface area contributed by atoms with Crippen LogP contribution in [0.4, 0.5) is 0 Å². The lowest BCUT2D eigenvalue weighted by Gasteiger charge is -2.30. The summed E-state index contributed by atoms with van der Waals surface area (Å²) < 4.78 is 10.0. The highest BCUT2D eigenvalue weighted by Gasteiger charge is 2.57. The predicted molar refractivity (Wildman–Crippen MR) is 113 cm³/mol. The first kappa shape index (κ1) is 22.1. The van der Waals surface area contributed by atoms with Crippen molar-refractivity contribution in [2.45, 2.75) is 44.6 Å². The summed E-state index contributed by atoms with van der Waals surface area (Å²) in [5.74, 6) is 0.798. The Morgan fingerprint density at radius 3 is 2.33 bits per heavy atom. The highest BCUT2D eigenvalue weighted by Crippen LogP contribution is 2.46. The number of carbonyl (C=O) groups excluding carboxylic acids is 1. The van der Waals surface area contributed by atoms with Gasteiger partial charge in [0.1, 0.15) is 5.41 Å². The van der Waals surface area contributed by atoms with Crippen LogP contribution in [0.5, 0.6) is 11.5 Å². The van der Waals surface area contributed by atoms with Crippen LogP contribution in [0.3, 0.4) is 0 Å². The Balaban J connectivity index is 0.000000216. The van der Waals surface area contributed by atoms with Crippen molar-refractivity contribution < 1.29 is 24.2 Å². The number of amides is 1. The topological polar surface area (TPSA) is 100 Å². The number of nitrogens with one attached hydrogen (secondary N) is 1. The Labute approximate surface area is 177 Å². The molecule has 1 amide bonds. The monoisotopic (exact) mass is 417 g/mol. The van der Waals surface area contributed by atoms with Crippen molar-refractivity contribution in [1.82, 2.24) is 10.3 Å². The number of hydrogen-bond acceptors (Lipinski definition) is 6. The number of fused-ring (bicyclic) bond motifs is 1. The third-order valence-electron chi connectivity index (χ3n) is 6.41. The molecule has 1 aromatic rings. The molecule has 1 aromatic carbocycles. The zero-order chi connectivity index (χ0) is 21.7. The van der Waals surface area contributed by atoms with Crippen LogP contribution < -0.4 is 14.9 Å². The van der Waals surface area contributed by atoms with E-state index in [-0.39, 0.29) is 0 Å². The molecule has 2 saturated carbocycles. The molecule has 2 aliphatic carbocycles. The molecular formula is C22H31N3O5. The molecule has 1 unspecified atom stereocenters. The molecule has 30 heavy (non-hydrogen) atoms. The number of aliphatic carboxylic acids is 1. The summed E-state index contributed by atoms with van der Waals surface area (Å²) in [6.45, 7) is 1.14. The zero-order valence-corrected chi connectivity index (χ0v) is 17.9. The Bertz CT molecular complexity index is 783. The summed E-state index contributed by atoms with van der Waals surface area (Å²) in [6.07, 6.45) is 5.02. The minimum Gasteiger partial charge on any atom is -0.493 e. The zero-order valence-electron chi connectivity index (χ0n) is 17.9. The standard InChI is InChI=1S/C14H21N3O3.C8H10O2/c1-17-7-4-9-2-3-10(8-11(9)17)15-16-12(18)14(5-6-14)13(19)20;1-9-7-5-3-4-6-8(7)10-2/h9,11H,2-8H2,1H3,(H,16,18)(H,19,20);3-6H,1-2H3/b15-10+;/t9?,11-;/m0./s1. The fraction of sp³-hybridized carbons (Fsp3) is 0.591. The van der Waals surface area contributed by atoms with Crippen LogP contribution in [0.1, 0.15) is 38.5 Å². The van der Waals surface area contributed by atoms with Crippen molar-refractivity contribution in [3.8, 4) is 11.5 Å². The Kier molecular flexibility index (Phi) is 6.97. The van der Waals surface area contributed by atoms with E-state index in [2.05, 4.69) is 22.5 Å². The van der Waals surface area contributed by atoms with E-state index in [0.717, 1.165) is 48.9 Å². The smallest absolute Gasteiger partial charge is 0.319 e. The van der Waals surface area contributed by atoms with Crippen LogP contribution in [0.25, 0.3) is 0 Å². The van der Waals surface area contributed by atoms with E-state index in [1.54, 1.807) is 14.2 Å². The van der Waals surface area contributed by atoms with E-state index in [1.165, 1.54) is 6.42 Å². The minimum absolute atomic E-state index is 0.423. The fourth-order valence-corrected chi connectivity index (χ4v) is 4.23. The Hall–Kier alpha value is -2.61. The molecule has 3 fully saturated rings. The molecule has 8 nitrogen and oxygen atoms in total. The predicted octanol–water partition coefficient (Wildman–Crippen LogP) is 2.53. The molecule has 3 aliphatic rings. The molecule has 0 radical (unpaired) electrons. The van der Waals surface area contributed by atoms with Gasteiger partial charge in [0.25, 0.3) is 5.91 Å². The summed E-state index contributed by atoms with van der Waals surface area (Å²) in [6, 6.07) is 8.06. The number of hydrogen-bond donors (Lipinski definition) is 2. The summed E-state index contributed by atoms with van der Waals surface area (Å²) in [7, 11) is 5.38. The van der Waals surface area contributed by atoms with Gasteiger partial charge in [0.05, 0.1) is 14.2 Å². The molecule has 2 N–H and O–H groups in total. The highest BCUT2D eigenvalue weighted by atomic mass is 16.5. The maximum atomic E-state index is 11.9. The van der Waals surface area contributed by atoms with Gasteiger partial charge in [0.15, 0.2) is 11.5 Å². The van der Waals surface area contributed by atoms with Gasteiger partial charge in [-0.15, -0.1) is 0 Å². The quantitative estimate of drug-likeness (QED) is 0.564. The van der Waals surface area contributed by atoms with E-state index in [4.69, 9.17) is 14.6 Å². The molecule has 0 aromatic heterocycles. The molecule has 1 saturated heterocycles. The molecule has 1 heterocycles. The molecule has 1 aliphatic heterocycles. The second kappa shape index (κ2) is 9.47. The van der Waals surface area contributed by atoms with Gasteiger partial charge in [0.2, 0.25) is 0 Å². The molecule has 8 heteroatoms. The summed E-state index contributed by atoms with van der Waals surface area (Å²) in [4.78, 5) is 25.3. The van der Waals surface area contributed by atoms with Crippen LogP contribution in [-0.2, 0) is 9.59 Å². The maximum absolute atomic E-state index is 11.9. The largest absolute Gasteiger partial charge is 0.493 e. The van der Waals surface area contributed by atoms with E-state index >= 15 is 0 Å². The van der Waals surface area contributed by atoms with Gasteiger partial charge >= 0.3 is 5.97 Å². The van der Waals surface area contributed by atoms with E-state index in [9.17, 15) is 9.59 Å². The number of carboxylic acids is 1. The number of hydrazone groups is 1. The number of benzene rings is 1. The van der Waals surface area contributed by atoms with Crippen molar-refractivity contribution in [1.29, 1.82) is 0 Å². The lowest BCUT2D eigenvalue weighted by Crippen LogP contribution is -2.38. The SMILES string of the molecule is CN1CCC2CC/C(=N\NC(=O)C3(C(=O)O)CC3)C[C@@H]21.COc1ccccc1OC. The number of para-hydroxylation sites is 2. The van der Waals surface area contributed by atoms with Crippen LogP contribution in [0, 0.1) is 11.3 Å². The Morgan fingerprint density at radius 2 is 1.80 bits per heavy atom. The lowest BCUT2D eigenvalue weighted by molar-refractivity contribution is -0.149. The summed E-state index contributed by atoms with van der Waals surface area (Å²) in [5.41, 5.74) is 2.27. The minimum atomic E-state index is -1.20. The van der Waals surface area contributed by atoms with Crippen molar-refractivity contribution in [3.05, 3.63) is 24.3 Å². The van der Waals surface area contributed by atoms with Gasteiger partial charge in [-0.3, -0.25) is 9.59 Å². The van der Waals surface area contributed by atoms with Crippen LogP contribution in [-0.4, -0.2) is 61.4 Å². The molecule has 164 valence electrons. The second-order valence-corrected chi connectivity index (χ2v) is 8.20. The first-order valence-electron chi connectivity index (χ1n) is 10.4. The number of ether oxygens (including phenoxy) is 2. The van der Waals surface area contributed by atoms with Gasteiger partial charge < -0.3 is 19.5 Å². The molecule has 0 bridgehead atoms. The van der Waals surface area contributed by atoms with E-state index in [1.807, 2.05) is 24.3 Å². The first-order chi connectivity index (χ1) is 14.4. The molecular weight excluding hydrogens is 386 g/mol. The van der Waals surface area contributed by atoms with Gasteiger partial charge in [-0.05, 0) is 63.7 Å². The maximum Gasteiger partial charge on any atom is 0.319 e. The number of carboxylic acid groups (broad SMARTS) is 1. The average Bonchev–Trinajstić information content (AvgIpc) is 3.51. The van der Waals surface area contributed by atoms with Gasteiger partial charge in [0, 0.05) is 18.2 Å². The lowest BCUT2D eigenvalue weighted by atomic mass is 9.84. The third-order valence-corrected chi connectivity index (χ3v) is 6.41. The van der Waals surface area contributed by atoms with Crippen molar-refractivity contribution >= 4 is 17.6 Å². The second-order valence-electron chi connectivity index (χ2n) is 8.20. The Morgan fingerprint density at radius 1 is 1.17 bits per heavy atom. The number of rotatable bonds is 5. The van der Waals surface area contributed by atoms with Crippen molar-refractivity contribution in [3.63, 3.8) is 0 Å². The fourth-order valence-electron chi connectivity index (χ4n) is 4.23. The van der Waals surface area contributed by atoms with Gasteiger partial charge in [-0.1, -0.05) is 12.1 Å². The first-order valence-corrected chi connectivity index (χ1v) is 10.4. The van der Waals surface area contributed by atoms with Crippen LogP contribution in [0.2, 0.25) is 0 Å². The number of likely N-dealkylation sites (tertiary alicyclic amines) is 1. The molecule has 0 spiro atoms. The summed E-state index contributed by atoms with van der Waals surface area (Å²) >= 11 is 0. The normalized spacial score (nSPS) is 25.5. The average molecular weight is 418 g/mol. The van der Waals surface area contributed by atoms with Crippen LogP contribution >= 0.6 is 0 Å². The highest BCUT2D eigenvalue weighted by molar-refractivity contribution is 6.05. The van der Waals surface area contributed by atoms with Gasteiger partial charge in [-0.25, -0.2) is 5.43 Å². The number of methoxy groups -OCH3 is 2. The van der Waals surface area contributed by atoms with Crippen molar-refractivity contribution in [2.24, 2.45) is 16.4 Å². The third kappa shape index (κ3) is 4.75. The number of carbonyl (C=O) groups is 2. The van der Waals surface area contributed by atoms with Gasteiger partial charge in [-0.2, -0.15) is 5.10 Å². The molecule has 2 atom stereocenters. The van der Waals surface area contributed by atoms with E-state index in [0.29, 0.717) is 18.9 Å². The van der Waals surface area contributed by atoms with E-state index < -0.39 is 17.3 Å². The molecule has 4 rings (SSSR count). The van der Waals surface area contributed by atoms with Crippen LogP contribution in [0.15, 0.2) is 29.4 Å².